The molecule has 0 atom stereocenters. The Balaban J connectivity index is 3.01. The van der Waals surface area contributed by atoms with Crippen LogP contribution in [-0.2, 0) is 4.74 Å². The summed E-state index contributed by atoms with van der Waals surface area (Å²) in [5.74, 6) is 0. The van der Waals surface area contributed by atoms with E-state index >= 15 is 0 Å². The molecule has 2 heteroatoms. The van der Waals surface area contributed by atoms with Gasteiger partial charge in [0.1, 0.15) is 0 Å². The van der Waals surface area contributed by atoms with Crippen molar-refractivity contribution in [1.29, 1.82) is 5.26 Å². The number of hydrogen-bond acceptors (Lipinski definition) is 2. The van der Waals surface area contributed by atoms with E-state index in [1.807, 2.05) is 6.07 Å². The topological polar surface area (TPSA) is 33.0 Å². The van der Waals surface area contributed by atoms with Crippen LogP contribution in [0.1, 0.15) is 0 Å². The van der Waals surface area contributed by atoms with Gasteiger partial charge in [0.25, 0.3) is 0 Å². The molecule has 0 unspecified atom stereocenters. The van der Waals surface area contributed by atoms with Gasteiger partial charge in [0.15, 0.2) is 0 Å². The number of allylic oxidation sites excluding steroid dienone is 1. The fourth-order valence-corrected chi connectivity index (χ4v) is 0.320. The fourth-order valence-electron chi connectivity index (χ4n) is 0.320. The third-order valence-corrected chi connectivity index (χ3v) is 0.642. The quantitative estimate of drug-likeness (QED) is 0.320. The lowest BCUT2D eigenvalue weighted by atomic mass is 10.5. The van der Waals surface area contributed by atoms with E-state index in [4.69, 9.17) is 10.00 Å². The summed E-state index contributed by atoms with van der Waals surface area (Å²) in [4.78, 5) is 0. The van der Waals surface area contributed by atoms with Crippen molar-refractivity contribution < 1.29 is 4.74 Å². The van der Waals surface area contributed by atoms with Gasteiger partial charge in [0.05, 0.1) is 19.3 Å². The average molecular weight is 123 g/mol. The molecule has 0 rings (SSSR count). The van der Waals surface area contributed by atoms with Gasteiger partial charge in [-0.15, -0.1) is 6.58 Å². The normalized spacial score (nSPS) is 9.22. The first-order valence-electron chi connectivity index (χ1n) is 2.65. The number of nitriles is 1. The Bertz CT molecular complexity index is 132. The first-order valence-corrected chi connectivity index (χ1v) is 2.65. The minimum atomic E-state index is 0.486. The molecule has 48 valence electrons. The maximum absolute atomic E-state index is 8.01. The van der Waals surface area contributed by atoms with Crippen molar-refractivity contribution in [2.45, 2.75) is 0 Å². The monoisotopic (exact) mass is 123 g/mol. The van der Waals surface area contributed by atoms with Crippen molar-refractivity contribution in [3.05, 3.63) is 24.8 Å². The third kappa shape index (κ3) is 6.93. The van der Waals surface area contributed by atoms with Gasteiger partial charge < -0.3 is 4.74 Å². The Morgan fingerprint density at radius 2 is 2.33 bits per heavy atom. The van der Waals surface area contributed by atoms with E-state index in [-0.39, 0.29) is 0 Å². The summed E-state index contributed by atoms with van der Waals surface area (Å²) in [6, 6.07) is 1.86. The van der Waals surface area contributed by atoms with Gasteiger partial charge in [-0.25, -0.2) is 0 Å². The summed E-state index contributed by atoms with van der Waals surface area (Å²) < 4.78 is 4.93. The molecule has 0 fully saturated rings. The number of ether oxygens (including phenoxy) is 1. The van der Waals surface area contributed by atoms with Crippen LogP contribution in [0.5, 0.6) is 0 Å². The van der Waals surface area contributed by atoms with Crippen LogP contribution in [-0.4, -0.2) is 13.2 Å². The molecule has 0 heterocycles. The van der Waals surface area contributed by atoms with Crippen LogP contribution in [0.15, 0.2) is 24.8 Å². The average Bonchev–Trinajstić information content (AvgIpc) is 1.89. The van der Waals surface area contributed by atoms with Crippen molar-refractivity contribution in [2.24, 2.45) is 0 Å². The van der Waals surface area contributed by atoms with Crippen LogP contribution in [0, 0.1) is 11.3 Å². The molecule has 0 aromatic carbocycles. The van der Waals surface area contributed by atoms with E-state index in [0.717, 1.165) is 0 Å². The lowest BCUT2D eigenvalue weighted by Gasteiger charge is -1.90. The maximum atomic E-state index is 8.01. The van der Waals surface area contributed by atoms with Gasteiger partial charge in [-0.3, -0.25) is 0 Å². The second-order valence-corrected chi connectivity index (χ2v) is 1.36. The van der Waals surface area contributed by atoms with Gasteiger partial charge >= 0.3 is 0 Å². The molecule has 0 bridgehead atoms. The van der Waals surface area contributed by atoms with E-state index in [1.54, 1.807) is 12.2 Å². The van der Waals surface area contributed by atoms with Crippen molar-refractivity contribution in [2.75, 3.05) is 13.2 Å². The highest BCUT2D eigenvalue weighted by Gasteiger charge is 1.74. The maximum Gasteiger partial charge on any atom is 0.0909 e. The molecule has 0 spiro atoms. The highest BCUT2D eigenvalue weighted by atomic mass is 16.5. The SMILES string of the molecule is C=CCOCC=CC#N. The number of hydrogen-bond donors (Lipinski definition) is 0. The number of rotatable bonds is 4. The molecule has 0 saturated heterocycles. The van der Waals surface area contributed by atoms with Crippen LogP contribution in [0.2, 0.25) is 0 Å². The van der Waals surface area contributed by atoms with Crippen LogP contribution < -0.4 is 0 Å². The Kier molecular flexibility index (Phi) is 6.11. The van der Waals surface area contributed by atoms with Crippen LogP contribution in [0.3, 0.4) is 0 Å². The van der Waals surface area contributed by atoms with Crippen molar-refractivity contribution in [3.8, 4) is 6.07 Å². The molecule has 0 aliphatic heterocycles. The van der Waals surface area contributed by atoms with Crippen molar-refractivity contribution >= 4 is 0 Å². The molecule has 0 aliphatic rings. The molecule has 0 amide bonds. The van der Waals surface area contributed by atoms with Gasteiger partial charge in [-0.05, 0) is 6.08 Å². The van der Waals surface area contributed by atoms with Gasteiger partial charge in [-0.1, -0.05) is 6.08 Å². The molecule has 0 aromatic heterocycles. The van der Waals surface area contributed by atoms with Crippen LogP contribution in [0.4, 0.5) is 0 Å². The van der Waals surface area contributed by atoms with Gasteiger partial charge in [0.2, 0.25) is 0 Å². The Morgan fingerprint density at radius 3 is 2.89 bits per heavy atom. The van der Waals surface area contributed by atoms with Crippen molar-refractivity contribution in [1.82, 2.24) is 0 Å². The smallest absolute Gasteiger partial charge is 0.0909 e. The van der Waals surface area contributed by atoms with E-state index < -0.39 is 0 Å². The van der Waals surface area contributed by atoms with Gasteiger partial charge in [-0.2, -0.15) is 5.26 Å². The van der Waals surface area contributed by atoms with E-state index in [1.165, 1.54) is 6.08 Å². The minimum absolute atomic E-state index is 0.486. The van der Waals surface area contributed by atoms with E-state index in [2.05, 4.69) is 6.58 Å². The largest absolute Gasteiger partial charge is 0.373 e. The zero-order valence-corrected chi connectivity index (χ0v) is 5.21. The molecular weight excluding hydrogens is 114 g/mol. The summed E-state index contributed by atoms with van der Waals surface area (Å²) in [5.41, 5.74) is 0. The second-order valence-electron chi connectivity index (χ2n) is 1.36. The Hall–Kier alpha value is -1.07. The van der Waals surface area contributed by atoms with Gasteiger partial charge in [0, 0.05) is 6.08 Å². The highest BCUT2D eigenvalue weighted by molar-refractivity contribution is 5.01. The molecule has 0 aliphatic carbocycles. The molecule has 9 heavy (non-hydrogen) atoms. The highest BCUT2D eigenvalue weighted by Crippen LogP contribution is 1.76. The molecule has 0 radical (unpaired) electrons. The summed E-state index contributed by atoms with van der Waals surface area (Å²) >= 11 is 0. The molecular formula is C7H9NO. The zero-order chi connectivity index (χ0) is 6.95. The minimum Gasteiger partial charge on any atom is -0.373 e. The lowest BCUT2D eigenvalue weighted by molar-refractivity contribution is 0.194. The lowest BCUT2D eigenvalue weighted by Crippen LogP contribution is -1.88. The Morgan fingerprint density at radius 1 is 1.56 bits per heavy atom. The molecule has 2 nitrogen and oxygen atoms in total. The van der Waals surface area contributed by atoms with E-state index in [0.29, 0.717) is 13.2 Å². The van der Waals surface area contributed by atoms with Crippen LogP contribution >= 0.6 is 0 Å². The number of nitrogens with zero attached hydrogens (tertiary/aromatic N) is 1. The molecule has 0 saturated carbocycles. The van der Waals surface area contributed by atoms with E-state index in [9.17, 15) is 0 Å². The second kappa shape index (κ2) is 6.93. The summed E-state index contributed by atoms with van der Waals surface area (Å²) in [6.07, 6.45) is 4.72. The third-order valence-electron chi connectivity index (χ3n) is 0.642. The predicted molar refractivity (Wildman–Crippen MR) is 35.8 cm³/mol. The molecule has 0 aromatic rings. The molecule has 0 N–H and O–H groups in total. The standard InChI is InChI=1S/C7H9NO/c1-2-6-9-7-4-3-5-8/h2-4H,1,6-7H2. The zero-order valence-electron chi connectivity index (χ0n) is 5.21. The summed E-state index contributed by atoms with van der Waals surface area (Å²) in [7, 11) is 0. The first-order chi connectivity index (χ1) is 4.41. The Labute approximate surface area is 55.1 Å². The predicted octanol–water partition coefficient (Wildman–Crippen LogP) is 1.27. The summed E-state index contributed by atoms with van der Waals surface area (Å²) in [6.45, 7) is 4.49. The van der Waals surface area contributed by atoms with Crippen molar-refractivity contribution in [3.63, 3.8) is 0 Å². The fraction of sp³-hybridized carbons (Fsp3) is 0.286. The van der Waals surface area contributed by atoms with Crippen LogP contribution in [0.25, 0.3) is 0 Å². The first kappa shape index (κ1) is 7.93. The summed E-state index contributed by atoms with van der Waals surface area (Å²) in [5, 5.41) is 8.01.